The fourth-order valence-corrected chi connectivity index (χ4v) is 2.51. The van der Waals surface area contributed by atoms with Crippen molar-refractivity contribution < 1.29 is 4.79 Å². The van der Waals surface area contributed by atoms with Crippen LogP contribution in [0.15, 0.2) is 0 Å². The van der Waals surface area contributed by atoms with Gasteiger partial charge < -0.3 is 15.5 Å². The number of hydrogen-bond donors (Lipinski definition) is 1. The second kappa shape index (κ2) is 7.97. The van der Waals surface area contributed by atoms with Gasteiger partial charge in [-0.2, -0.15) is 0 Å². The highest BCUT2D eigenvalue weighted by molar-refractivity contribution is 5.85. The van der Waals surface area contributed by atoms with Crippen molar-refractivity contribution in [1.82, 2.24) is 9.80 Å². The van der Waals surface area contributed by atoms with E-state index < -0.39 is 0 Å². The van der Waals surface area contributed by atoms with Crippen LogP contribution in [0.2, 0.25) is 0 Å². The van der Waals surface area contributed by atoms with Gasteiger partial charge in [0.1, 0.15) is 0 Å². The van der Waals surface area contributed by atoms with Gasteiger partial charge in [-0.15, -0.1) is 12.4 Å². The molecule has 0 atom stereocenters. The van der Waals surface area contributed by atoms with Crippen LogP contribution in [0.3, 0.4) is 0 Å². The van der Waals surface area contributed by atoms with E-state index in [0.29, 0.717) is 6.54 Å². The van der Waals surface area contributed by atoms with Crippen molar-refractivity contribution in [2.24, 2.45) is 11.1 Å². The highest BCUT2D eigenvalue weighted by atomic mass is 35.5. The van der Waals surface area contributed by atoms with Gasteiger partial charge in [0.2, 0.25) is 5.91 Å². The predicted molar refractivity (Wildman–Crippen MR) is 78.0 cm³/mol. The molecule has 1 aliphatic heterocycles. The Labute approximate surface area is 117 Å². The van der Waals surface area contributed by atoms with Gasteiger partial charge in [0, 0.05) is 26.2 Å². The van der Waals surface area contributed by atoms with Crippen LogP contribution in [0, 0.1) is 5.41 Å². The Morgan fingerprint density at radius 3 is 2.28 bits per heavy atom. The van der Waals surface area contributed by atoms with Gasteiger partial charge in [0.05, 0.1) is 5.41 Å². The number of carbonyl (C=O) groups excluding carboxylic acids is 1. The van der Waals surface area contributed by atoms with Crippen molar-refractivity contribution in [3.8, 4) is 0 Å². The van der Waals surface area contributed by atoms with E-state index in [9.17, 15) is 4.79 Å². The Morgan fingerprint density at radius 2 is 1.78 bits per heavy atom. The molecule has 108 valence electrons. The summed E-state index contributed by atoms with van der Waals surface area (Å²) < 4.78 is 0. The molecule has 0 spiro atoms. The molecule has 0 bridgehead atoms. The number of nitrogens with zero attached hydrogens (tertiary/aromatic N) is 2. The van der Waals surface area contributed by atoms with Crippen molar-refractivity contribution in [1.29, 1.82) is 0 Å². The SMILES string of the molecule is CCC(CC)(CN)C(=O)N1CCCN(C)CC1.Cl. The van der Waals surface area contributed by atoms with Gasteiger partial charge in [-0.05, 0) is 32.9 Å². The predicted octanol–water partition coefficient (Wildman–Crippen LogP) is 1.34. The average Bonchev–Trinajstić information content (AvgIpc) is 2.57. The lowest BCUT2D eigenvalue weighted by Crippen LogP contribution is -2.48. The van der Waals surface area contributed by atoms with E-state index in [1.807, 2.05) is 4.90 Å². The van der Waals surface area contributed by atoms with E-state index in [4.69, 9.17) is 5.73 Å². The number of carbonyl (C=O) groups is 1. The molecule has 5 heteroatoms. The van der Waals surface area contributed by atoms with Crippen LogP contribution in [0.25, 0.3) is 0 Å². The van der Waals surface area contributed by atoms with E-state index in [-0.39, 0.29) is 23.7 Å². The molecule has 0 aromatic heterocycles. The molecule has 0 aromatic rings. The van der Waals surface area contributed by atoms with E-state index in [0.717, 1.165) is 45.4 Å². The van der Waals surface area contributed by atoms with Gasteiger partial charge in [0.15, 0.2) is 0 Å². The lowest BCUT2D eigenvalue weighted by Gasteiger charge is -2.34. The van der Waals surface area contributed by atoms with Crippen molar-refractivity contribution in [2.75, 3.05) is 39.8 Å². The van der Waals surface area contributed by atoms with Crippen LogP contribution in [0.5, 0.6) is 0 Å². The highest BCUT2D eigenvalue weighted by Gasteiger charge is 2.36. The lowest BCUT2D eigenvalue weighted by molar-refractivity contribution is -0.142. The zero-order valence-electron chi connectivity index (χ0n) is 11.9. The standard InChI is InChI=1S/C13H27N3O.ClH/c1-4-13(5-2,11-14)12(17)16-8-6-7-15(3)9-10-16;/h4-11,14H2,1-3H3;1H. The maximum atomic E-state index is 12.6. The molecule has 2 N–H and O–H groups in total. The smallest absolute Gasteiger partial charge is 0.230 e. The van der Waals surface area contributed by atoms with E-state index in [1.54, 1.807) is 0 Å². The fraction of sp³-hybridized carbons (Fsp3) is 0.923. The third-order valence-corrected chi connectivity index (χ3v) is 4.20. The van der Waals surface area contributed by atoms with Crippen LogP contribution in [-0.2, 0) is 4.79 Å². The first-order valence-electron chi connectivity index (χ1n) is 6.77. The minimum absolute atomic E-state index is 0. The van der Waals surface area contributed by atoms with Crippen molar-refractivity contribution >= 4 is 18.3 Å². The molecular formula is C13H28ClN3O. The minimum Gasteiger partial charge on any atom is -0.341 e. The molecule has 1 aliphatic rings. The second-order valence-electron chi connectivity index (χ2n) is 5.14. The Hall–Kier alpha value is -0.320. The summed E-state index contributed by atoms with van der Waals surface area (Å²) in [7, 11) is 2.11. The first kappa shape index (κ1) is 17.7. The summed E-state index contributed by atoms with van der Waals surface area (Å²) in [6.45, 7) is 8.38. The van der Waals surface area contributed by atoms with Gasteiger partial charge in [0.25, 0.3) is 0 Å². The number of likely N-dealkylation sites (N-methyl/N-ethyl adjacent to an activating group) is 1. The van der Waals surface area contributed by atoms with Gasteiger partial charge in [-0.25, -0.2) is 0 Å². The summed E-state index contributed by atoms with van der Waals surface area (Å²) >= 11 is 0. The Morgan fingerprint density at radius 1 is 1.17 bits per heavy atom. The number of amides is 1. The largest absolute Gasteiger partial charge is 0.341 e. The average molecular weight is 278 g/mol. The maximum absolute atomic E-state index is 12.6. The zero-order valence-corrected chi connectivity index (χ0v) is 12.8. The molecule has 0 aromatic carbocycles. The van der Waals surface area contributed by atoms with Crippen LogP contribution in [0.4, 0.5) is 0 Å². The molecule has 0 unspecified atom stereocenters. The number of hydrogen-bond acceptors (Lipinski definition) is 3. The number of halogens is 1. The monoisotopic (exact) mass is 277 g/mol. The summed E-state index contributed by atoms with van der Waals surface area (Å²) in [4.78, 5) is 16.9. The molecule has 1 fully saturated rings. The normalized spacial score (nSPS) is 18.1. The number of nitrogens with two attached hydrogens (primary N) is 1. The second-order valence-corrected chi connectivity index (χ2v) is 5.14. The van der Waals surface area contributed by atoms with E-state index >= 15 is 0 Å². The molecule has 18 heavy (non-hydrogen) atoms. The van der Waals surface area contributed by atoms with Crippen LogP contribution < -0.4 is 5.73 Å². The van der Waals surface area contributed by atoms with Crippen LogP contribution in [-0.4, -0.2) is 55.5 Å². The van der Waals surface area contributed by atoms with E-state index in [2.05, 4.69) is 25.8 Å². The molecular weight excluding hydrogens is 250 g/mol. The van der Waals surface area contributed by atoms with Crippen molar-refractivity contribution in [3.05, 3.63) is 0 Å². The van der Waals surface area contributed by atoms with Gasteiger partial charge in [-0.1, -0.05) is 13.8 Å². The summed E-state index contributed by atoms with van der Waals surface area (Å²) in [5, 5.41) is 0. The number of rotatable bonds is 4. The Kier molecular flexibility index (Phi) is 7.83. The van der Waals surface area contributed by atoms with Gasteiger partial charge >= 0.3 is 0 Å². The summed E-state index contributed by atoms with van der Waals surface area (Å²) in [5.74, 6) is 0.264. The molecule has 1 heterocycles. The third-order valence-electron chi connectivity index (χ3n) is 4.20. The maximum Gasteiger partial charge on any atom is 0.230 e. The minimum atomic E-state index is -0.330. The molecule has 1 amide bonds. The molecule has 1 rings (SSSR count). The summed E-state index contributed by atoms with van der Waals surface area (Å²) in [6, 6.07) is 0. The van der Waals surface area contributed by atoms with Crippen LogP contribution >= 0.6 is 12.4 Å². The molecule has 0 saturated carbocycles. The quantitative estimate of drug-likeness (QED) is 0.844. The fourth-order valence-electron chi connectivity index (χ4n) is 2.51. The van der Waals surface area contributed by atoms with E-state index in [1.165, 1.54) is 0 Å². The molecule has 1 saturated heterocycles. The topological polar surface area (TPSA) is 49.6 Å². The third kappa shape index (κ3) is 3.84. The van der Waals surface area contributed by atoms with Crippen molar-refractivity contribution in [2.45, 2.75) is 33.1 Å². The Balaban J connectivity index is 0.00000289. The van der Waals surface area contributed by atoms with Gasteiger partial charge in [-0.3, -0.25) is 4.79 Å². The lowest BCUT2D eigenvalue weighted by atomic mass is 9.81. The molecule has 0 aliphatic carbocycles. The zero-order chi connectivity index (χ0) is 12.9. The first-order valence-corrected chi connectivity index (χ1v) is 6.77. The molecule has 0 radical (unpaired) electrons. The molecule has 4 nitrogen and oxygen atoms in total. The van der Waals surface area contributed by atoms with Crippen LogP contribution in [0.1, 0.15) is 33.1 Å². The van der Waals surface area contributed by atoms with Crippen molar-refractivity contribution in [3.63, 3.8) is 0 Å². The first-order chi connectivity index (χ1) is 8.09. The highest BCUT2D eigenvalue weighted by Crippen LogP contribution is 2.28. The summed E-state index contributed by atoms with van der Waals surface area (Å²) in [5.41, 5.74) is 5.51. The Bertz CT molecular complexity index is 248. The summed E-state index contributed by atoms with van der Waals surface area (Å²) in [6.07, 6.45) is 2.74.